The number of hydrogen-bond acceptors (Lipinski definition) is 3. The van der Waals surface area contributed by atoms with E-state index in [9.17, 15) is 5.11 Å². The molecular weight excluding hydrogens is 290 g/mol. The van der Waals surface area contributed by atoms with Crippen molar-refractivity contribution in [3.63, 3.8) is 0 Å². The van der Waals surface area contributed by atoms with Crippen LogP contribution in [0.25, 0.3) is 0 Å². The topological polar surface area (TPSA) is 65.9 Å². The Balaban J connectivity index is 1.66. The quantitative estimate of drug-likeness (QED) is 0.589. The minimum Gasteiger partial charge on any atom is -0.508 e. The van der Waals surface area contributed by atoms with E-state index in [1.54, 1.807) is 12.1 Å². The molecule has 2 aliphatic rings. The van der Waals surface area contributed by atoms with Crippen LogP contribution in [-0.4, -0.2) is 36.4 Å². The maximum atomic E-state index is 9.35. The van der Waals surface area contributed by atoms with Gasteiger partial charge in [0.25, 0.3) is 0 Å². The minimum atomic E-state index is 0.135. The number of nitrogens with one attached hydrogen (secondary N) is 2. The van der Waals surface area contributed by atoms with Gasteiger partial charge < -0.3 is 20.5 Å². The summed E-state index contributed by atoms with van der Waals surface area (Å²) < 4.78 is 5.86. The highest BCUT2D eigenvalue weighted by molar-refractivity contribution is 5.80. The summed E-state index contributed by atoms with van der Waals surface area (Å²) in [5.41, 5.74) is 1.21. The van der Waals surface area contributed by atoms with Gasteiger partial charge in [-0.2, -0.15) is 0 Å². The Hall–Kier alpha value is -1.75. The number of hydrogen-bond donors (Lipinski definition) is 3. The summed E-state index contributed by atoms with van der Waals surface area (Å²) in [6.45, 7) is 8.90. The number of nitrogens with zero attached hydrogens (tertiary/aromatic N) is 1. The molecule has 1 heterocycles. The van der Waals surface area contributed by atoms with Crippen molar-refractivity contribution in [1.82, 2.24) is 10.6 Å². The SMILES string of the molecule is CCNC(=NCc1ccc(O)cc1)NC1C2CCOC2C1(C)C. The van der Waals surface area contributed by atoms with Crippen LogP contribution in [0.1, 0.15) is 32.8 Å². The molecule has 3 N–H and O–H groups in total. The molecule has 0 bridgehead atoms. The van der Waals surface area contributed by atoms with Crippen LogP contribution < -0.4 is 10.6 Å². The summed E-state index contributed by atoms with van der Waals surface area (Å²) in [4.78, 5) is 4.69. The van der Waals surface area contributed by atoms with Gasteiger partial charge in [0.05, 0.1) is 12.6 Å². The van der Waals surface area contributed by atoms with E-state index in [-0.39, 0.29) is 11.2 Å². The number of aliphatic imine (C=N–C) groups is 1. The molecule has 1 aromatic rings. The lowest BCUT2D eigenvalue weighted by molar-refractivity contribution is -0.106. The third-order valence-corrected chi connectivity index (χ3v) is 5.09. The number of benzene rings is 1. The number of fused-ring (bicyclic) bond motifs is 1. The molecule has 1 saturated carbocycles. The van der Waals surface area contributed by atoms with Crippen molar-refractivity contribution in [3.05, 3.63) is 29.8 Å². The fourth-order valence-corrected chi connectivity index (χ4v) is 3.86. The lowest BCUT2D eigenvalue weighted by Gasteiger charge is -2.54. The van der Waals surface area contributed by atoms with E-state index in [1.165, 1.54) is 0 Å². The van der Waals surface area contributed by atoms with Gasteiger partial charge in [-0.3, -0.25) is 0 Å². The van der Waals surface area contributed by atoms with Crippen molar-refractivity contribution in [2.24, 2.45) is 16.3 Å². The first kappa shape index (κ1) is 16.1. The lowest BCUT2D eigenvalue weighted by atomic mass is 9.57. The first-order valence-electron chi connectivity index (χ1n) is 8.46. The zero-order valence-corrected chi connectivity index (χ0v) is 14.2. The van der Waals surface area contributed by atoms with Gasteiger partial charge in [-0.15, -0.1) is 0 Å². The molecular formula is C18H27N3O2. The maximum absolute atomic E-state index is 9.35. The number of guanidine groups is 1. The number of rotatable bonds is 4. The summed E-state index contributed by atoms with van der Waals surface area (Å²) in [6.07, 6.45) is 1.50. The molecule has 126 valence electrons. The average molecular weight is 317 g/mol. The van der Waals surface area contributed by atoms with Crippen molar-refractivity contribution < 1.29 is 9.84 Å². The number of phenols is 1. The molecule has 1 saturated heterocycles. The van der Waals surface area contributed by atoms with E-state index < -0.39 is 0 Å². The predicted octanol–water partition coefficient (Wildman–Crippen LogP) is 2.26. The van der Waals surface area contributed by atoms with E-state index in [1.807, 2.05) is 12.1 Å². The van der Waals surface area contributed by atoms with Crippen molar-refractivity contribution in [3.8, 4) is 5.75 Å². The third kappa shape index (κ3) is 3.15. The highest BCUT2D eigenvalue weighted by atomic mass is 16.5. The first-order chi connectivity index (χ1) is 11.0. The molecule has 3 rings (SSSR count). The van der Waals surface area contributed by atoms with Crippen LogP contribution >= 0.6 is 0 Å². The Morgan fingerprint density at radius 3 is 2.78 bits per heavy atom. The molecule has 23 heavy (non-hydrogen) atoms. The van der Waals surface area contributed by atoms with Gasteiger partial charge in [0.1, 0.15) is 5.75 Å². The van der Waals surface area contributed by atoms with E-state index in [4.69, 9.17) is 4.74 Å². The summed E-state index contributed by atoms with van der Waals surface area (Å²) in [5.74, 6) is 1.72. The summed E-state index contributed by atoms with van der Waals surface area (Å²) in [7, 11) is 0. The van der Waals surface area contributed by atoms with Gasteiger partial charge in [-0.25, -0.2) is 4.99 Å². The molecule has 1 aliphatic heterocycles. The number of aromatic hydroxyl groups is 1. The number of ether oxygens (including phenoxy) is 1. The molecule has 5 heteroatoms. The van der Waals surface area contributed by atoms with Crippen molar-refractivity contribution in [2.75, 3.05) is 13.2 Å². The van der Waals surface area contributed by atoms with Gasteiger partial charge in [0.2, 0.25) is 0 Å². The Labute approximate surface area is 138 Å². The van der Waals surface area contributed by atoms with Crippen LogP contribution in [-0.2, 0) is 11.3 Å². The molecule has 3 unspecified atom stereocenters. The van der Waals surface area contributed by atoms with Gasteiger partial charge in [0.15, 0.2) is 5.96 Å². The van der Waals surface area contributed by atoms with E-state index in [2.05, 4.69) is 36.4 Å². The van der Waals surface area contributed by atoms with Crippen molar-refractivity contribution in [2.45, 2.75) is 45.9 Å². The standard InChI is InChI=1S/C18H27N3O2/c1-4-19-17(20-11-12-5-7-13(22)8-6-12)21-15-14-9-10-23-16(14)18(15,2)3/h5-8,14-16,22H,4,9-11H2,1-3H3,(H2,19,20,21). The second-order valence-electron chi connectivity index (χ2n) is 7.05. The first-order valence-corrected chi connectivity index (χ1v) is 8.46. The van der Waals surface area contributed by atoms with Crippen molar-refractivity contribution in [1.29, 1.82) is 0 Å². The summed E-state index contributed by atoms with van der Waals surface area (Å²) in [5, 5.41) is 16.3. The second kappa shape index (κ2) is 6.40. The monoisotopic (exact) mass is 317 g/mol. The van der Waals surface area contributed by atoms with Gasteiger partial charge >= 0.3 is 0 Å². The molecule has 0 spiro atoms. The Bertz CT molecular complexity index is 568. The highest BCUT2D eigenvalue weighted by Crippen LogP contribution is 2.52. The molecule has 2 fully saturated rings. The van der Waals surface area contributed by atoms with Crippen LogP contribution in [0.15, 0.2) is 29.3 Å². The molecule has 0 amide bonds. The Morgan fingerprint density at radius 1 is 1.35 bits per heavy atom. The zero-order valence-electron chi connectivity index (χ0n) is 14.2. The third-order valence-electron chi connectivity index (χ3n) is 5.09. The minimum absolute atomic E-state index is 0.135. The van der Waals surface area contributed by atoms with Crippen LogP contribution in [0.2, 0.25) is 0 Å². The van der Waals surface area contributed by atoms with Crippen LogP contribution in [0.5, 0.6) is 5.75 Å². The van der Waals surface area contributed by atoms with E-state index in [0.29, 0.717) is 24.6 Å². The molecule has 0 aromatic heterocycles. The average Bonchev–Trinajstić information content (AvgIpc) is 2.98. The molecule has 3 atom stereocenters. The predicted molar refractivity (Wildman–Crippen MR) is 91.5 cm³/mol. The fraction of sp³-hybridized carbons (Fsp3) is 0.611. The van der Waals surface area contributed by atoms with Gasteiger partial charge in [-0.05, 0) is 31.0 Å². The van der Waals surface area contributed by atoms with Crippen molar-refractivity contribution >= 4 is 5.96 Å². The van der Waals surface area contributed by atoms with Gasteiger partial charge in [0, 0.05) is 30.5 Å². The molecule has 5 nitrogen and oxygen atoms in total. The smallest absolute Gasteiger partial charge is 0.191 e. The molecule has 1 aromatic carbocycles. The largest absolute Gasteiger partial charge is 0.508 e. The van der Waals surface area contributed by atoms with Gasteiger partial charge in [-0.1, -0.05) is 26.0 Å². The van der Waals surface area contributed by atoms with Crippen LogP contribution in [0.3, 0.4) is 0 Å². The van der Waals surface area contributed by atoms with E-state index >= 15 is 0 Å². The molecule has 0 radical (unpaired) electrons. The van der Waals surface area contributed by atoms with Crippen LogP contribution in [0, 0.1) is 11.3 Å². The fourth-order valence-electron chi connectivity index (χ4n) is 3.86. The van der Waals surface area contributed by atoms with Crippen LogP contribution in [0.4, 0.5) is 0 Å². The Morgan fingerprint density at radius 2 is 2.09 bits per heavy atom. The second-order valence-corrected chi connectivity index (χ2v) is 7.05. The van der Waals surface area contributed by atoms with E-state index in [0.717, 1.165) is 31.1 Å². The Kier molecular flexibility index (Phi) is 4.48. The number of phenolic OH excluding ortho intramolecular Hbond substituents is 1. The lowest BCUT2D eigenvalue weighted by Crippen LogP contribution is -2.67. The normalized spacial score (nSPS) is 28.8. The maximum Gasteiger partial charge on any atom is 0.191 e. The zero-order chi connectivity index (χ0) is 16.4. The highest BCUT2D eigenvalue weighted by Gasteiger charge is 2.59. The summed E-state index contributed by atoms with van der Waals surface area (Å²) >= 11 is 0. The summed E-state index contributed by atoms with van der Waals surface area (Å²) in [6, 6.07) is 7.58. The molecule has 1 aliphatic carbocycles.